The average molecular weight is 423 g/mol. The molecule has 3 aromatic carbocycles. The van der Waals surface area contributed by atoms with Crippen LogP contribution in [0.4, 0.5) is 5.69 Å². The van der Waals surface area contributed by atoms with E-state index in [-0.39, 0.29) is 11.3 Å². The largest absolute Gasteiger partial charge is 0.324 e. The van der Waals surface area contributed by atoms with E-state index in [1.807, 2.05) is 69.3 Å². The first-order valence-corrected chi connectivity index (χ1v) is 11.2. The number of sulfonamides is 1. The molecule has 6 heteroatoms. The third kappa shape index (κ3) is 5.34. The summed E-state index contributed by atoms with van der Waals surface area (Å²) in [6.45, 7) is 5.70. The van der Waals surface area contributed by atoms with Crippen molar-refractivity contribution in [3.05, 3.63) is 95.1 Å². The van der Waals surface area contributed by atoms with Crippen molar-refractivity contribution < 1.29 is 13.2 Å². The lowest BCUT2D eigenvalue weighted by Gasteiger charge is -2.20. The molecule has 0 saturated heterocycles. The summed E-state index contributed by atoms with van der Waals surface area (Å²) in [5.41, 5.74) is 4.37. The molecule has 0 radical (unpaired) electrons. The highest BCUT2D eigenvalue weighted by atomic mass is 32.2. The Hall–Kier alpha value is -2.96. The van der Waals surface area contributed by atoms with E-state index in [4.69, 9.17) is 0 Å². The Kier molecular flexibility index (Phi) is 6.70. The average Bonchev–Trinajstić information content (AvgIpc) is 2.71. The Labute approximate surface area is 178 Å². The molecule has 1 amide bonds. The molecule has 1 unspecified atom stereocenters. The lowest BCUT2D eigenvalue weighted by Crippen LogP contribution is -2.45. The van der Waals surface area contributed by atoms with Gasteiger partial charge in [-0.2, -0.15) is 4.72 Å². The third-order valence-electron chi connectivity index (χ3n) is 4.96. The second kappa shape index (κ2) is 9.24. The summed E-state index contributed by atoms with van der Waals surface area (Å²) in [6, 6.07) is 20.7. The van der Waals surface area contributed by atoms with Gasteiger partial charge < -0.3 is 5.32 Å². The van der Waals surface area contributed by atoms with Crippen LogP contribution in [0.25, 0.3) is 0 Å². The van der Waals surface area contributed by atoms with E-state index in [9.17, 15) is 13.2 Å². The molecule has 3 rings (SSSR count). The van der Waals surface area contributed by atoms with Gasteiger partial charge in [0.15, 0.2) is 0 Å². The maximum absolute atomic E-state index is 13.1. The first-order valence-electron chi connectivity index (χ1n) is 9.76. The molecule has 0 spiro atoms. The zero-order valence-corrected chi connectivity index (χ0v) is 18.2. The van der Waals surface area contributed by atoms with Crippen LogP contribution in [0.2, 0.25) is 0 Å². The van der Waals surface area contributed by atoms with Crippen LogP contribution in [0.3, 0.4) is 0 Å². The second-order valence-corrected chi connectivity index (χ2v) is 9.15. The highest BCUT2D eigenvalue weighted by Crippen LogP contribution is 2.20. The Balaban J connectivity index is 1.90. The quantitative estimate of drug-likeness (QED) is 0.601. The van der Waals surface area contributed by atoms with E-state index < -0.39 is 22.0 Å². The van der Waals surface area contributed by atoms with Crippen molar-refractivity contribution in [2.45, 2.75) is 38.1 Å². The predicted molar refractivity (Wildman–Crippen MR) is 120 cm³/mol. The van der Waals surface area contributed by atoms with Crippen LogP contribution in [-0.4, -0.2) is 20.4 Å². The predicted octanol–water partition coefficient (Wildman–Crippen LogP) is 4.14. The van der Waals surface area contributed by atoms with Gasteiger partial charge in [0, 0.05) is 5.69 Å². The van der Waals surface area contributed by atoms with Gasteiger partial charge in [-0.1, -0.05) is 66.2 Å². The van der Waals surface area contributed by atoms with Crippen molar-refractivity contribution in [1.82, 2.24) is 4.72 Å². The summed E-state index contributed by atoms with van der Waals surface area (Å²) in [7, 11) is -3.86. The number of amides is 1. The van der Waals surface area contributed by atoms with Gasteiger partial charge in [-0.25, -0.2) is 8.42 Å². The van der Waals surface area contributed by atoms with Crippen molar-refractivity contribution in [2.24, 2.45) is 0 Å². The van der Waals surface area contributed by atoms with Gasteiger partial charge in [-0.05, 0) is 56.0 Å². The van der Waals surface area contributed by atoms with Crippen LogP contribution in [0, 0.1) is 20.8 Å². The zero-order valence-electron chi connectivity index (χ0n) is 17.3. The molecule has 0 aromatic heterocycles. The number of nitrogens with one attached hydrogen (secondary N) is 2. The highest BCUT2D eigenvalue weighted by Gasteiger charge is 2.26. The number of para-hydroxylation sites is 1. The van der Waals surface area contributed by atoms with Crippen molar-refractivity contribution >= 4 is 21.6 Å². The number of hydrogen-bond acceptors (Lipinski definition) is 3. The number of carbonyl (C=O) groups is 1. The first kappa shape index (κ1) is 21.7. The molecule has 0 fully saturated rings. The van der Waals surface area contributed by atoms with Crippen molar-refractivity contribution in [3.8, 4) is 0 Å². The van der Waals surface area contributed by atoms with Gasteiger partial charge in [0.25, 0.3) is 0 Å². The number of anilines is 1. The summed E-state index contributed by atoms with van der Waals surface area (Å²) in [5.74, 6) is -0.396. The first-order chi connectivity index (χ1) is 14.3. The summed E-state index contributed by atoms with van der Waals surface area (Å²) in [5, 5.41) is 2.92. The minimum Gasteiger partial charge on any atom is -0.324 e. The second-order valence-electron chi connectivity index (χ2n) is 7.43. The standard InChI is InChI=1S/C24H26N2O3S/c1-17-12-14-21(15-13-17)30(28,29)26-22(16-20-10-5-4-6-11-20)24(27)25-23-18(2)8-7-9-19(23)3/h4-15,22,26H,16H2,1-3H3,(H,25,27). The smallest absolute Gasteiger partial charge is 0.242 e. The fraction of sp³-hybridized carbons (Fsp3) is 0.208. The molecule has 5 nitrogen and oxygen atoms in total. The van der Waals surface area contributed by atoms with Crippen molar-refractivity contribution in [1.29, 1.82) is 0 Å². The molecule has 30 heavy (non-hydrogen) atoms. The Morgan fingerprint density at radius 2 is 1.43 bits per heavy atom. The SMILES string of the molecule is Cc1ccc(S(=O)(=O)NC(Cc2ccccc2)C(=O)Nc2c(C)cccc2C)cc1. The maximum Gasteiger partial charge on any atom is 0.242 e. The topological polar surface area (TPSA) is 75.3 Å². The van der Waals surface area contributed by atoms with Gasteiger partial charge in [0.2, 0.25) is 15.9 Å². The van der Waals surface area contributed by atoms with E-state index in [1.165, 1.54) is 0 Å². The molecule has 1 atom stereocenters. The van der Waals surface area contributed by atoms with E-state index in [0.717, 1.165) is 22.3 Å². The highest BCUT2D eigenvalue weighted by molar-refractivity contribution is 7.89. The molecule has 156 valence electrons. The third-order valence-corrected chi connectivity index (χ3v) is 6.44. The molecular weight excluding hydrogens is 396 g/mol. The van der Waals surface area contributed by atoms with Gasteiger partial charge in [0.1, 0.15) is 6.04 Å². The Bertz CT molecular complexity index is 1100. The van der Waals surface area contributed by atoms with Crippen molar-refractivity contribution in [3.63, 3.8) is 0 Å². The molecule has 0 bridgehead atoms. The lowest BCUT2D eigenvalue weighted by molar-refractivity contribution is -0.117. The number of carbonyl (C=O) groups excluding carboxylic acids is 1. The number of aryl methyl sites for hydroxylation is 3. The van der Waals surface area contributed by atoms with Crippen LogP contribution in [0.5, 0.6) is 0 Å². The van der Waals surface area contributed by atoms with Crippen LogP contribution in [-0.2, 0) is 21.2 Å². The normalized spacial score (nSPS) is 12.4. The fourth-order valence-electron chi connectivity index (χ4n) is 3.23. The zero-order chi connectivity index (χ0) is 21.7. The maximum atomic E-state index is 13.1. The summed E-state index contributed by atoms with van der Waals surface area (Å²) in [6.07, 6.45) is 0.239. The fourth-order valence-corrected chi connectivity index (χ4v) is 4.43. The molecule has 3 aromatic rings. The van der Waals surface area contributed by atoms with Gasteiger partial charge in [0.05, 0.1) is 4.90 Å². The van der Waals surface area contributed by atoms with E-state index in [2.05, 4.69) is 10.0 Å². The lowest BCUT2D eigenvalue weighted by atomic mass is 10.0. The van der Waals surface area contributed by atoms with Gasteiger partial charge in [-0.15, -0.1) is 0 Å². The molecule has 2 N–H and O–H groups in total. The van der Waals surface area contributed by atoms with E-state index in [0.29, 0.717) is 5.69 Å². The van der Waals surface area contributed by atoms with Crippen molar-refractivity contribution in [2.75, 3.05) is 5.32 Å². The van der Waals surface area contributed by atoms with Gasteiger partial charge >= 0.3 is 0 Å². The Morgan fingerprint density at radius 3 is 2.03 bits per heavy atom. The van der Waals surface area contributed by atoms with E-state index in [1.54, 1.807) is 24.3 Å². The number of benzene rings is 3. The van der Waals surface area contributed by atoms with Crippen LogP contribution >= 0.6 is 0 Å². The monoisotopic (exact) mass is 422 g/mol. The Morgan fingerprint density at radius 1 is 0.833 bits per heavy atom. The molecule has 0 saturated carbocycles. The minimum absolute atomic E-state index is 0.131. The number of rotatable bonds is 7. The minimum atomic E-state index is -3.86. The van der Waals surface area contributed by atoms with Crippen LogP contribution < -0.4 is 10.0 Å². The molecule has 0 aliphatic heterocycles. The molecule has 0 aliphatic carbocycles. The van der Waals surface area contributed by atoms with Crippen LogP contribution in [0.1, 0.15) is 22.3 Å². The van der Waals surface area contributed by atoms with Crippen LogP contribution in [0.15, 0.2) is 77.7 Å². The van der Waals surface area contributed by atoms with E-state index >= 15 is 0 Å². The number of hydrogen-bond donors (Lipinski definition) is 2. The summed E-state index contributed by atoms with van der Waals surface area (Å²) >= 11 is 0. The molecule has 0 heterocycles. The molecular formula is C24H26N2O3S. The summed E-state index contributed by atoms with van der Waals surface area (Å²) < 4.78 is 28.5. The van der Waals surface area contributed by atoms with Gasteiger partial charge in [-0.3, -0.25) is 4.79 Å². The molecule has 0 aliphatic rings. The summed E-state index contributed by atoms with van der Waals surface area (Å²) in [4.78, 5) is 13.3.